The summed E-state index contributed by atoms with van der Waals surface area (Å²) in [6.07, 6.45) is 0.781. The summed E-state index contributed by atoms with van der Waals surface area (Å²) in [5.41, 5.74) is -0.336. The molecule has 0 amide bonds. The molecule has 0 aliphatic heterocycles. The molecule has 3 unspecified atom stereocenters. The molecule has 0 aromatic heterocycles. The second kappa shape index (κ2) is 11.8. The Morgan fingerprint density at radius 1 is 0.949 bits per heavy atom. The van der Waals surface area contributed by atoms with Gasteiger partial charge in [-0.25, -0.2) is 4.79 Å². The molecule has 0 saturated carbocycles. The van der Waals surface area contributed by atoms with Crippen molar-refractivity contribution < 1.29 is 28.9 Å². The van der Waals surface area contributed by atoms with Gasteiger partial charge in [-0.1, -0.05) is 42.5 Å². The third-order valence-corrected chi connectivity index (χ3v) is 6.52. The molecule has 7 heteroatoms. The van der Waals surface area contributed by atoms with Crippen molar-refractivity contribution in [3.8, 4) is 5.75 Å². The molecule has 3 atom stereocenters. The van der Waals surface area contributed by atoms with E-state index in [0.29, 0.717) is 29.1 Å². The molecule has 1 aliphatic rings. The van der Waals surface area contributed by atoms with Crippen LogP contribution in [0.5, 0.6) is 5.75 Å². The lowest BCUT2D eigenvalue weighted by Gasteiger charge is -2.44. The zero-order valence-corrected chi connectivity index (χ0v) is 24.5. The lowest BCUT2D eigenvalue weighted by molar-refractivity contribution is -0.171. The molecule has 0 saturated heterocycles. The minimum absolute atomic E-state index is 0.0624. The minimum Gasteiger partial charge on any atom is -0.497 e. The van der Waals surface area contributed by atoms with E-state index in [4.69, 9.17) is 14.2 Å². The SMILES string of the molecule is COc1ccc(C2C(C(=O)OC(C)(C)C)=C(NCCc3ccccc3)CC(C)(O)C2C(=O)OC(C)(C)C)cc1. The topological polar surface area (TPSA) is 94.1 Å². The summed E-state index contributed by atoms with van der Waals surface area (Å²) in [4.78, 5) is 27.5. The van der Waals surface area contributed by atoms with Crippen LogP contribution in [0.1, 0.15) is 71.9 Å². The molecule has 3 rings (SSSR count). The van der Waals surface area contributed by atoms with Crippen molar-refractivity contribution in [2.75, 3.05) is 13.7 Å². The normalized spacial score (nSPS) is 21.8. The van der Waals surface area contributed by atoms with Gasteiger partial charge in [-0.2, -0.15) is 0 Å². The van der Waals surface area contributed by atoms with Gasteiger partial charge in [0, 0.05) is 24.6 Å². The zero-order chi connectivity index (χ0) is 29.0. The Morgan fingerprint density at radius 2 is 1.54 bits per heavy atom. The molecule has 0 spiro atoms. The molecule has 0 radical (unpaired) electrons. The molecule has 1 aliphatic carbocycles. The summed E-state index contributed by atoms with van der Waals surface area (Å²) in [7, 11) is 1.57. The predicted molar refractivity (Wildman–Crippen MR) is 151 cm³/mol. The molecular weight excluding hydrogens is 494 g/mol. The van der Waals surface area contributed by atoms with Gasteiger partial charge in [0.15, 0.2) is 0 Å². The van der Waals surface area contributed by atoms with Crippen molar-refractivity contribution in [3.63, 3.8) is 0 Å². The molecule has 2 N–H and O–H groups in total. The summed E-state index contributed by atoms with van der Waals surface area (Å²) in [5.74, 6) is -2.33. The maximum absolute atomic E-state index is 13.9. The molecule has 0 bridgehead atoms. The first-order chi connectivity index (χ1) is 18.1. The van der Waals surface area contributed by atoms with Crippen LogP contribution in [0.3, 0.4) is 0 Å². The van der Waals surface area contributed by atoms with E-state index < -0.39 is 40.6 Å². The maximum atomic E-state index is 13.9. The number of nitrogens with one attached hydrogen (secondary N) is 1. The first kappa shape index (κ1) is 30.2. The van der Waals surface area contributed by atoms with Crippen molar-refractivity contribution >= 4 is 11.9 Å². The van der Waals surface area contributed by atoms with Crippen molar-refractivity contribution in [1.29, 1.82) is 0 Å². The van der Waals surface area contributed by atoms with Crippen LogP contribution in [0.25, 0.3) is 0 Å². The Kier molecular flexibility index (Phi) is 9.16. The van der Waals surface area contributed by atoms with Gasteiger partial charge in [0.2, 0.25) is 0 Å². The third kappa shape index (κ3) is 8.09. The van der Waals surface area contributed by atoms with Crippen LogP contribution in [0.2, 0.25) is 0 Å². The Morgan fingerprint density at radius 3 is 2.08 bits per heavy atom. The highest BCUT2D eigenvalue weighted by Gasteiger charge is 2.53. The van der Waals surface area contributed by atoms with Crippen LogP contribution in [-0.4, -0.2) is 47.5 Å². The van der Waals surface area contributed by atoms with Gasteiger partial charge < -0.3 is 24.6 Å². The van der Waals surface area contributed by atoms with E-state index in [1.54, 1.807) is 67.7 Å². The van der Waals surface area contributed by atoms with E-state index in [2.05, 4.69) is 5.32 Å². The number of benzene rings is 2. The molecule has 39 heavy (non-hydrogen) atoms. The highest BCUT2D eigenvalue weighted by Crippen LogP contribution is 2.48. The lowest BCUT2D eigenvalue weighted by Crippen LogP contribution is -2.52. The van der Waals surface area contributed by atoms with Gasteiger partial charge in [-0.15, -0.1) is 0 Å². The molecule has 2 aromatic carbocycles. The predicted octanol–water partition coefficient (Wildman–Crippen LogP) is 5.32. The summed E-state index contributed by atoms with van der Waals surface area (Å²) < 4.78 is 17.0. The van der Waals surface area contributed by atoms with Crippen molar-refractivity contribution in [3.05, 3.63) is 77.0 Å². The van der Waals surface area contributed by atoms with Gasteiger partial charge in [0.25, 0.3) is 0 Å². The van der Waals surface area contributed by atoms with Gasteiger partial charge in [0.1, 0.15) is 17.0 Å². The summed E-state index contributed by atoms with van der Waals surface area (Å²) in [6, 6.07) is 17.2. The van der Waals surface area contributed by atoms with Gasteiger partial charge in [-0.05, 0) is 78.1 Å². The van der Waals surface area contributed by atoms with Crippen LogP contribution in [0, 0.1) is 5.92 Å². The first-order valence-electron chi connectivity index (χ1n) is 13.4. The van der Waals surface area contributed by atoms with Crippen molar-refractivity contribution in [2.24, 2.45) is 5.92 Å². The molecule has 0 heterocycles. The Hall–Kier alpha value is -3.32. The fourth-order valence-electron chi connectivity index (χ4n) is 4.95. The average molecular weight is 538 g/mol. The summed E-state index contributed by atoms with van der Waals surface area (Å²) >= 11 is 0. The first-order valence-corrected chi connectivity index (χ1v) is 13.4. The quantitative estimate of drug-likeness (QED) is 0.440. The monoisotopic (exact) mass is 537 g/mol. The summed E-state index contributed by atoms with van der Waals surface area (Å²) in [6.45, 7) is 12.9. The number of hydrogen-bond donors (Lipinski definition) is 2. The lowest BCUT2D eigenvalue weighted by atomic mass is 9.65. The van der Waals surface area contributed by atoms with Crippen LogP contribution in [0.4, 0.5) is 0 Å². The van der Waals surface area contributed by atoms with Crippen LogP contribution in [0.15, 0.2) is 65.9 Å². The van der Waals surface area contributed by atoms with Gasteiger partial charge in [0.05, 0.1) is 24.2 Å². The number of rotatable bonds is 8. The van der Waals surface area contributed by atoms with E-state index >= 15 is 0 Å². The third-order valence-electron chi connectivity index (χ3n) is 6.52. The second-order valence-corrected chi connectivity index (χ2v) is 12.4. The van der Waals surface area contributed by atoms with E-state index in [-0.39, 0.29) is 6.42 Å². The number of carbonyl (C=O) groups is 2. The van der Waals surface area contributed by atoms with Crippen molar-refractivity contribution in [2.45, 2.75) is 84.0 Å². The molecular formula is C32H43NO6. The standard InChI is InChI=1S/C32H43NO6/c1-30(2,3)38-28(34)26-24(33-19-18-21-12-10-9-11-13-21)20-32(7,36)27(29(35)39-31(4,5)6)25(26)22-14-16-23(37-8)17-15-22/h9-17,25,27,33,36H,18-20H2,1-8H3. The van der Waals surface area contributed by atoms with E-state index in [0.717, 1.165) is 12.0 Å². The van der Waals surface area contributed by atoms with Gasteiger partial charge >= 0.3 is 11.9 Å². The highest BCUT2D eigenvalue weighted by molar-refractivity contribution is 5.94. The largest absolute Gasteiger partial charge is 0.497 e. The Labute approximate surface area is 232 Å². The van der Waals surface area contributed by atoms with Crippen LogP contribution in [-0.2, 0) is 25.5 Å². The second-order valence-electron chi connectivity index (χ2n) is 12.4. The number of aliphatic hydroxyl groups is 1. The smallest absolute Gasteiger partial charge is 0.336 e. The molecule has 7 nitrogen and oxygen atoms in total. The number of hydrogen-bond acceptors (Lipinski definition) is 7. The summed E-state index contributed by atoms with van der Waals surface area (Å²) in [5, 5.41) is 15.2. The number of ether oxygens (including phenoxy) is 3. The number of carbonyl (C=O) groups excluding carboxylic acids is 2. The van der Waals surface area contributed by atoms with E-state index in [1.807, 2.05) is 42.5 Å². The Balaban J connectivity index is 2.16. The van der Waals surface area contributed by atoms with Crippen molar-refractivity contribution in [1.82, 2.24) is 5.32 Å². The highest BCUT2D eigenvalue weighted by atomic mass is 16.6. The minimum atomic E-state index is -1.51. The van der Waals surface area contributed by atoms with E-state index in [9.17, 15) is 14.7 Å². The van der Waals surface area contributed by atoms with Crippen LogP contribution >= 0.6 is 0 Å². The molecule has 2 aromatic rings. The van der Waals surface area contributed by atoms with Crippen LogP contribution < -0.4 is 10.1 Å². The zero-order valence-electron chi connectivity index (χ0n) is 24.5. The average Bonchev–Trinajstić information content (AvgIpc) is 2.81. The van der Waals surface area contributed by atoms with Gasteiger partial charge in [-0.3, -0.25) is 4.79 Å². The fourth-order valence-corrected chi connectivity index (χ4v) is 4.95. The molecule has 212 valence electrons. The maximum Gasteiger partial charge on any atom is 0.336 e. The van der Waals surface area contributed by atoms with E-state index in [1.165, 1.54) is 0 Å². The number of methoxy groups -OCH3 is 1. The number of esters is 2. The fraction of sp³-hybridized carbons (Fsp3) is 0.500. The molecule has 0 fully saturated rings. The Bertz CT molecular complexity index is 1170.